The van der Waals surface area contributed by atoms with Crippen LogP contribution in [0, 0.1) is 13.8 Å². The first-order valence-corrected chi connectivity index (χ1v) is 11.3. The number of aromatic carboxylic acids is 1. The third-order valence-electron chi connectivity index (χ3n) is 6.32. The Morgan fingerprint density at radius 1 is 1.06 bits per heavy atom. The van der Waals surface area contributed by atoms with E-state index < -0.39 is 5.97 Å². The van der Waals surface area contributed by atoms with Crippen LogP contribution in [-0.4, -0.2) is 20.9 Å². The molecule has 2 N–H and O–H groups in total. The quantitative estimate of drug-likeness (QED) is 0.337. The van der Waals surface area contributed by atoms with Crippen molar-refractivity contribution in [3.63, 3.8) is 0 Å². The molecule has 0 amide bonds. The zero-order valence-corrected chi connectivity index (χ0v) is 19.9. The minimum Gasteiger partial charge on any atom is -0.478 e. The molecule has 1 unspecified atom stereocenters. The van der Waals surface area contributed by atoms with E-state index in [9.17, 15) is 14.7 Å². The van der Waals surface area contributed by atoms with Crippen LogP contribution in [0.2, 0.25) is 0 Å². The number of nitrogens with one attached hydrogen (secondary N) is 1. The van der Waals surface area contributed by atoms with Crippen molar-refractivity contribution < 1.29 is 14.3 Å². The van der Waals surface area contributed by atoms with E-state index in [1.165, 1.54) is 6.07 Å². The maximum atomic E-state index is 13.2. The number of rotatable bonds is 5. The second-order valence-electron chi connectivity index (χ2n) is 8.86. The highest BCUT2D eigenvalue weighted by atomic mass is 16.4. The fraction of sp³-hybridized carbons (Fsp3) is 0.179. The lowest BCUT2D eigenvalue weighted by Crippen LogP contribution is -2.12. The lowest BCUT2D eigenvalue weighted by atomic mass is 10.00. The maximum Gasteiger partial charge on any atom is 0.337 e. The number of para-hydroxylation sites is 1. The van der Waals surface area contributed by atoms with Gasteiger partial charge in [0.1, 0.15) is 11.3 Å². The van der Waals surface area contributed by atoms with Crippen LogP contribution in [0.25, 0.3) is 33.2 Å². The number of fused-ring (bicyclic) bond motifs is 2. The van der Waals surface area contributed by atoms with Crippen LogP contribution in [0.1, 0.15) is 40.1 Å². The predicted octanol–water partition coefficient (Wildman–Crippen LogP) is 5.83. The first-order valence-electron chi connectivity index (χ1n) is 11.3. The molecule has 1 atom stereocenters. The first-order chi connectivity index (χ1) is 16.7. The molecule has 0 radical (unpaired) electrons. The van der Waals surface area contributed by atoms with Gasteiger partial charge in [-0.2, -0.15) is 5.10 Å². The average molecular weight is 468 g/mol. The molecule has 2 aromatic heterocycles. The summed E-state index contributed by atoms with van der Waals surface area (Å²) in [6.07, 6.45) is 0. The molecule has 7 heteroatoms. The second-order valence-corrected chi connectivity index (χ2v) is 8.86. The summed E-state index contributed by atoms with van der Waals surface area (Å²) in [6, 6.07) is 17.6. The fourth-order valence-corrected chi connectivity index (χ4v) is 4.60. The van der Waals surface area contributed by atoms with Gasteiger partial charge in [0.2, 0.25) is 0 Å². The second kappa shape index (κ2) is 8.43. The molecular weight excluding hydrogens is 442 g/mol. The van der Waals surface area contributed by atoms with Gasteiger partial charge in [0.15, 0.2) is 5.43 Å². The van der Waals surface area contributed by atoms with E-state index in [1.807, 2.05) is 62.8 Å². The average Bonchev–Trinajstić information content (AvgIpc) is 3.11. The third kappa shape index (κ3) is 3.95. The van der Waals surface area contributed by atoms with Gasteiger partial charge in [-0.15, -0.1) is 0 Å². The molecule has 35 heavy (non-hydrogen) atoms. The predicted molar refractivity (Wildman–Crippen MR) is 137 cm³/mol. The number of aromatic nitrogens is 2. The van der Waals surface area contributed by atoms with Crippen molar-refractivity contribution in [2.45, 2.75) is 26.8 Å². The summed E-state index contributed by atoms with van der Waals surface area (Å²) >= 11 is 0. The van der Waals surface area contributed by atoms with Gasteiger partial charge in [-0.25, -0.2) is 4.79 Å². The Balaban J connectivity index is 1.65. The van der Waals surface area contributed by atoms with E-state index >= 15 is 0 Å². The number of hydrogen-bond donors (Lipinski definition) is 2. The molecule has 7 nitrogen and oxygen atoms in total. The molecule has 3 aromatic carbocycles. The Morgan fingerprint density at radius 3 is 2.60 bits per heavy atom. The number of carboxylic acid groups (broad SMARTS) is 1. The largest absolute Gasteiger partial charge is 0.478 e. The van der Waals surface area contributed by atoms with Gasteiger partial charge in [0.25, 0.3) is 0 Å². The third-order valence-corrected chi connectivity index (χ3v) is 6.32. The fourth-order valence-electron chi connectivity index (χ4n) is 4.60. The Kier molecular flexibility index (Phi) is 5.40. The van der Waals surface area contributed by atoms with Crippen molar-refractivity contribution in [2.75, 3.05) is 5.32 Å². The molecule has 0 saturated heterocycles. The van der Waals surface area contributed by atoms with Crippen LogP contribution >= 0.6 is 0 Å². The number of benzene rings is 3. The van der Waals surface area contributed by atoms with Crippen molar-refractivity contribution in [1.29, 1.82) is 0 Å². The van der Waals surface area contributed by atoms with Crippen LogP contribution in [0.15, 0.2) is 69.9 Å². The minimum absolute atomic E-state index is 0.134. The van der Waals surface area contributed by atoms with Crippen LogP contribution < -0.4 is 10.7 Å². The number of anilines is 1. The SMILES string of the molecule is Cc1cc(C(C)Nc2ccccc2C(=O)O)c2oc(-c3ccc4c(C)nn(C)c4c3)cc(=O)c2c1. The molecule has 0 spiro atoms. The van der Waals surface area contributed by atoms with Crippen molar-refractivity contribution in [3.8, 4) is 11.3 Å². The number of aryl methyl sites for hydroxylation is 3. The number of carbonyl (C=O) groups is 1. The summed E-state index contributed by atoms with van der Waals surface area (Å²) < 4.78 is 8.17. The number of carboxylic acids is 1. The summed E-state index contributed by atoms with van der Waals surface area (Å²) in [4.78, 5) is 24.8. The highest BCUT2D eigenvalue weighted by Gasteiger charge is 2.19. The Labute approximate surface area is 201 Å². The zero-order valence-electron chi connectivity index (χ0n) is 19.9. The number of nitrogens with zero attached hydrogens (tertiary/aromatic N) is 2. The van der Waals surface area contributed by atoms with Gasteiger partial charge in [-0.1, -0.05) is 30.3 Å². The first kappa shape index (κ1) is 22.4. The van der Waals surface area contributed by atoms with Crippen LogP contribution in [-0.2, 0) is 7.05 Å². The summed E-state index contributed by atoms with van der Waals surface area (Å²) in [7, 11) is 1.89. The maximum absolute atomic E-state index is 13.2. The van der Waals surface area contributed by atoms with Crippen molar-refractivity contribution in [2.24, 2.45) is 7.05 Å². The molecule has 176 valence electrons. The highest BCUT2D eigenvalue weighted by Crippen LogP contribution is 2.32. The standard InChI is InChI=1S/C28H25N3O4/c1-15-11-21(16(2)29-23-8-6-5-7-20(23)28(33)34)27-22(12-15)25(32)14-26(35-27)18-9-10-19-17(3)30-31(4)24(19)13-18/h5-14,16,29H,1-4H3,(H,33,34). The molecule has 0 aliphatic heterocycles. The summed E-state index contributed by atoms with van der Waals surface area (Å²) in [5, 5.41) is 18.8. The van der Waals surface area contributed by atoms with Gasteiger partial charge < -0.3 is 14.8 Å². The molecule has 5 rings (SSSR count). The van der Waals surface area contributed by atoms with E-state index in [-0.39, 0.29) is 17.0 Å². The van der Waals surface area contributed by atoms with Crippen LogP contribution in [0.4, 0.5) is 5.69 Å². The van der Waals surface area contributed by atoms with Gasteiger partial charge in [-0.05, 0) is 50.6 Å². The van der Waals surface area contributed by atoms with Gasteiger partial charge in [0.05, 0.1) is 28.2 Å². The van der Waals surface area contributed by atoms with Gasteiger partial charge in [0, 0.05) is 35.3 Å². The highest BCUT2D eigenvalue weighted by molar-refractivity contribution is 5.94. The van der Waals surface area contributed by atoms with E-state index in [1.54, 1.807) is 24.3 Å². The van der Waals surface area contributed by atoms with Crippen molar-refractivity contribution >= 4 is 33.5 Å². The molecule has 0 fully saturated rings. The zero-order chi connectivity index (χ0) is 24.9. The van der Waals surface area contributed by atoms with Gasteiger partial charge in [-0.3, -0.25) is 9.48 Å². The number of hydrogen-bond acceptors (Lipinski definition) is 5. The van der Waals surface area contributed by atoms with E-state index in [4.69, 9.17) is 4.42 Å². The Bertz CT molecular complexity index is 1680. The lowest BCUT2D eigenvalue weighted by molar-refractivity contribution is 0.0698. The van der Waals surface area contributed by atoms with Crippen molar-refractivity contribution in [1.82, 2.24) is 9.78 Å². The van der Waals surface area contributed by atoms with E-state index in [2.05, 4.69) is 10.4 Å². The molecule has 0 aliphatic carbocycles. The monoisotopic (exact) mass is 467 g/mol. The van der Waals surface area contributed by atoms with E-state index in [0.29, 0.717) is 22.4 Å². The van der Waals surface area contributed by atoms with Crippen LogP contribution in [0.3, 0.4) is 0 Å². The van der Waals surface area contributed by atoms with Gasteiger partial charge >= 0.3 is 5.97 Å². The van der Waals surface area contributed by atoms with Crippen molar-refractivity contribution in [3.05, 3.63) is 93.3 Å². The normalized spacial score (nSPS) is 12.2. The molecular formula is C28H25N3O4. The van der Waals surface area contributed by atoms with E-state index in [0.717, 1.165) is 33.3 Å². The topological polar surface area (TPSA) is 97.4 Å². The summed E-state index contributed by atoms with van der Waals surface area (Å²) in [5.41, 5.74) is 5.38. The lowest BCUT2D eigenvalue weighted by Gasteiger charge is -2.19. The molecule has 5 aromatic rings. The summed E-state index contributed by atoms with van der Waals surface area (Å²) in [6.45, 7) is 5.81. The summed E-state index contributed by atoms with van der Waals surface area (Å²) in [5.74, 6) is -0.546. The van der Waals surface area contributed by atoms with Crippen LogP contribution in [0.5, 0.6) is 0 Å². The smallest absolute Gasteiger partial charge is 0.337 e. The Hall–Kier alpha value is -4.39. The molecule has 0 aliphatic rings. The molecule has 2 heterocycles. The molecule has 0 saturated carbocycles. The minimum atomic E-state index is -1.01. The molecule has 0 bridgehead atoms. The Morgan fingerprint density at radius 2 is 1.83 bits per heavy atom.